The third-order valence-corrected chi connectivity index (χ3v) is 3.87. The maximum Gasteiger partial charge on any atom is 0.226 e. The zero-order valence-corrected chi connectivity index (χ0v) is 13.2. The Morgan fingerprint density at radius 1 is 1.13 bits per heavy atom. The molecule has 0 aliphatic carbocycles. The van der Waals surface area contributed by atoms with Crippen molar-refractivity contribution in [2.75, 3.05) is 11.5 Å². The lowest BCUT2D eigenvalue weighted by atomic mass is 10.0. The minimum absolute atomic E-state index is 0.205. The van der Waals surface area contributed by atoms with Gasteiger partial charge in [0.15, 0.2) is 6.23 Å². The number of ether oxygens (including phenoxy) is 1. The molecule has 3 rings (SSSR count). The van der Waals surface area contributed by atoms with Crippen LogP contribution in [0.15, 0.2) is 54.6 Å². The second kappa shape index (κ2) is 6.26. The van der Waals surface area contributed by atoms with Gasteiger partial charge in [-0.2, -0.15) is 0 Å². The van der Waals surface area contributed by atoms with Crippen molar-refractivity contribution in [1.29, 1.82) is 0 Å². The summed E-state index contributed by atoms with van der Waals surface area (Å²) in [6.45, 7) is 3.83. The fourth-order valence-electron chi connectivity index (χ4n) is 2.94. The van der Waals surface area contributed by atoms with E-state index < -0.39 is 6.23 Å². The first-order valence-corrected chi connectivity index (χ1v) is 7.64. The predicted molar refractivity (Wildman–Crippen MR) is 90.5 cm³/mol. The third-order valence-electron chi connectivity index (χ3n) is 3.87. The van der Waals surface area contributed by atoms with E-state index in [2.05, 4.69) is 0 Å². The highest BCUT2D eigenvalue weighted by Gasteiger charge is 2.37. The number of benzene rings is 2. The Bertz CT molecular complexity index is 752. The predicted octanol–water partition coefficient (Wildman–Crippen LogP) is 3.28. The summed E-state index contributed by atoms with van der Waals surface area (Å²) in [6, 6.07) is 17.1. The first-order chi connectivity index (χ1) is 11.1. The molecule has 1 atom stereocenters. The highest BCUT2D eigenvalue weighted by molar-refractivity contribution is 6.07. The lowest BCUT2D eigenvalue weighted by Gasteiger charge is -2.21. The lowest BCUT2D eigenvalue weighted by Crippen LogP contribution is -2.35. The molecular weight excluding hydrogens is 290 g/mol. The Morgan fingerprint density at radius 2 is 1.78 bits per heavy atom. The number of aliphatic hydroxyl groups is 1. The molecule has 1 unspecified atom stereocenters. The molecule has 1 aliphatic rings. The number of aliphatic hydroxyl groups excluding tert-OH is 1. The van der Waals surface area contributed by atoms with Crippen molar-refractivity contribution >= 4 is 22.9 Å². The molecule has 118 valence electrons. The number of fused-ring (bicyclic) bond motifs is 1. The number of nitrogens with zero attached hydrogens (tertiary/aromatic N) is 1. The molecule has 0 saturated heterocycles. The van der Waals surface area contributed by atoms with E-state index in [1.54, 1.807) is 0 Å². The summed E-state index contributed by atoms with van der Waals surface area (Å²) < 4.78 is 5.85. The zero-order chi connectivity index (χ0) is 16.4. The molecule has 0 spiro atoms. The fraction of sp³-hybridized carbons (Fsp3) is 0.211. The summed E-state index contributed by atoms with van der Waals surface area (Å²) in [7, 11) is 0. The molecule has 4 heteroatoms. The van der Waals surface area contributed by atoms with Gasteiger partial charge >= 0.3 is 0 Å². The van der Waals surface area contributed by atoms with Crippen LogP contribution in [0.3, 0.4) is 0 Å². The molecule has 0 bridgehead atoms. The Balaban J connectivity index is 2.25. The van der Waals surface area contributed by atoms with Crippen LogP contribution in [0.4, 0.5) is 5.69 Å². The molecule has 0 aromatic heterocycles. The number of carbonyl (C=O) groups is 1. The Labute approximate surface area is 135 Å². The molecule has 2 aromatic carbocycles. The third kappa shape index (κ3) is 2.62. The maximum atomic E-state index is 12.0. The van der Waals surface area contributed by atoms with Gasteiger partial charge in [0.05, 0.1) is 17.9 Å². The van der Waals surface area contributed by atoms with Crippen molar-refractivity contribution in [3.63, 3.8) is 0 Å². The van der Waals surface area contributed by atoms with Crippen LogP contribution < -0.4 is 4.90 Å². The molecule has 1 aliphatic heterocycles. The molecule has 0 radical (unpaired) electrons. The molecule has 23 heavy (non-hydrogen) atoms. The number of anilines is 1. The van der Waals surface area contributed by atoms with Crippen LogP contribution in [0, 0.1) is 0 Å². The summed E-state index contributed by atoms with van der Waals surface area (Å²) in [6.07, 6.45) is -1.05. The normalized spacial score (nSPS) is 18.6. The standard InChI is InChI=1S/C19H19NO3/c1-3-23-18(14-9-5-4-6-10-14)17-15-11-7-8-12-16(15)20(13(2)21)19(17)22/h4-12,19,22H,3H2,1-2H3/b18-17-. The van der Waals surface area contributed by atoms with E-state index >= 15 is 0 Å². The van der Waals surface area contributed by atoms with Gasteiger partial charge in [-0.25, -0.2) is 0 Å². The van der Waals surface area contributed by atoms with Crippen LogP contribution in [0.2, 0.25) is 0 Å². The minimum Gasteiger partial charge on any atom is -0.493 e. The van der Waals surface area contributed by atoms with Crippen LogP contribution >= 0.6 is 0 Å². The lowest BCUT2D eigenvalue weighted by molar-refractivity contribution is -0.117. The van der Waals surface area contributed by atoms with Crippen molar-refractivity contribution in [2.45, 2.75) is 20.1 Å². The van der Waals surface area contributed by atoms with Crippen molar-refractivity contribution in [3.05, 3.63) is 65.7 Å². The fourth-order valence-corrected chi connectivity index (χ4v) is 2.94. The number of carbonyl (C=O) groups excluding carboxylic acids is 1. The van der Waals surface area contributed by atoms with E-state index in [0.29, 0.717) is 23.6 Å². The van der Waals surface area contributed by atoms with Crippen LogP contribution in [0.1, 0.15) is 25.0 Å². The number of hydrogen-bond donors (Lipinski definition) is 1. The van der Waals surface area contributed by atoms with Crippen LogP contribution in [0.25, 0.3) is 11.3 Å². The maximum absolute atomic E-state index is 12.0. The van der Waals surface area contributed by atoms with Crippen molar-refractivity contribution in [2.24, 2.45) is 0 Å². The largest absolute Gasteiger partial charge is 0.493 e. The molecule has 0 saturated carbocycles. The first kappa shape index (κ1) is 15.3. The topological polar surface area (TPSA) is 49.8 Å². The number of hydrogen-bond acceptors (Lipinski definition) is 3. The summed E-state index contributed by atoms with van der Waals surface area (Å²) >= 11 is 0. The minimum atomic E-state index is -1.05. The smallest absolute Gasteiger partial charge is 0.226 e. The van der Waals surface area contributed by atoms with Crippen molar-refractivity contribution < 1.29 is 14.6 Å². The second-order valence-corrected chi connectivity index (χ2v) is 5.32. The molecule has 1 amide bonds. The summed E-state index contributed by atoms with van der Waals surface area (Å²) in [5.74, 6) is 0.403. The second-order valence-electron chi connectivity index (χ2n) is 5.32. The van der Waals surface area contributed by atoms with Gasteiger partial charge in [0.2, 0.25) is 5.91 Å². The van der Waals surface area contributed by atoms with Gasteiger partial charge in [0.25, 0.3) is 0 Å². The molecule has 1 heterocycles. The van der Waals surface area contributed by atoms with E-state index in [9.17, 15) is 9.90 Å². The van der Waals surface area contributed by atoms with Gasteiger partial charge in [-0.15, -0.1) is 0 Å². The average Bonchev–Trinajstić information content (AvgIpc) is 2.85. The van der Waals surface area contributed by atoms with E-state index in [1.807, 2.05) is 61.5 Å². The summed E-state index contributed by atoms with van der Waals surface area (Å²) in [4.78, 5) is 13.4. The molecule has 0 fully saturated rings. The highest BCUT2D eigenvalue weighted by atomic mass is 16.5. The highest BCUT2D eigenvalue weighted by Crippen LogP contribution is 2.43. The van der Waals surface area contributed by atoms with Crippen LogP contribution in [-0.2, 0) is 9.53 Å². The summed E-state index contributed by atoms with van der Waals surface area (Å²) in [5, 5.41) is 10.8. The van der Waals surface area contributed by atoms with E-state index in [1.165, 1.54) is 11.8 Å². The number of rotatable bonds is 3. The zero-order valence-electron chi connectivity index (χ0n) is 13.2. The van der Waals surface area contributed by atoms with Crippen molar-refractivity contribution in [1.82, 2.24) is 0 Å². The first-order valence-electron chi connectivity index (χ1n) is 7.64. The van der Waals surface area contributed by atoms with E-state index in [4.69, 9.17) is 4.74 Å². The number of para-hydroxylation sites is 1. The van der Waals surface area contributed by atoms with E-state index in [0.717, 1.165) is 11.1 Å². The molecule has 1 N–H and O–H groups in total. The Kier molecular flexibility index (Phi) is 4.17. The van der Waals surface area contributed by atoms with Crippen LogP contribution in [-0.4, -0.2) is 23.8 Å². The quantitative estimate of drug-likeness (QED) is 0.885. The monoisotopic (exact) mass is 309 g/mol. The van der Waals surface area contributed by atoms with Gasteiger partial charge in [0.1, 0.15) is 5.76 Å². The van der Waals surface area contributed by atoms with Crippen molar-refractivity contribution in [3.8, 4) is 0 Å². The summed E-state index contributed by atoms with van der Waals surface area (Å²) in [5.41, 5.74) is 3.03. The number of amides is 1. The van der Waals surface area contributed by atoms with Gasteiger partial charge in [0, 0.05) is 18.1 Å². The molecule has 2 aromatic rings. The van der Waals surface area contributed by atoms with Gasteiger partial charge in [-0.3, -0.25) is 9.69 Å². The SMILES string of the molecule is CCO/C(=C1/c2ccccc2N(C(C)=O)C1O)c1ccccc1. The Morgan fingerprint density at radius 3 is 2.43 bits per heavy atom. The Hall–Kier alpha value is -2.59. The average molecular weight is 309 g/mol. The van der Waals surface area contributed by atoms with E-state index in [-0.39, 0.29) is 5.91 Å². The van der Waals surface area contributed by atoms with Gasteiger partial charge in [-0.1, -0.05) is 48.5 Å². The molecular formula is C19H19NO3. The van der Waals surface area contributed by atoms with Gasteiger partial charge < -0.3 is 9.84 Å². The van der Waals surface area contributed by atoms with Gasteiger partial charge in [-0.05, 0) is 13.0 Å². The molecule has 4 nitrogen and oxygen atoms in total. The van der Waals surface area contributed by atoms with Crippen LogP contribution in [0.5, 0.6) is 0 Å².